The number of aldehydes is 2. The van der Waals surface area contributed by atoms with Crippen molar-refractivity contribution in [2.24, 2.45) is 23.7 Å². The normalized spacial score (nSPS) is 22.5. The van der Waals surface area contributed by atoms with Gasteiger partial charge in [0, 0.05) is 71.8 Å². The number of likely N-dealkylation sites (tertiary alicyclic amines) is 1. The second-order valence-corrected chi connectivity index (χ2v) is 15.4. The molecule has 2 unspecified atom stereocenters. The third kappa shape index (κ3) is 9.42. The SMILES string of the molecule is CC(C)(C)OC(=O)N1CCC(C2CCN(c3cc(Cl)ccc3C=O)CC2)C1.O=Cc1ccc(Cl)cc1N1CCC(C2CCNC2)CC1. The van der Waals surface area contributed by atoms with E-state index in [2.05, 4.69) is 15.1 Å². The highest BCUT2D eigenvalue weighted by Crippen LogP contribution is 2.36. The Morgan fingerprint density at radius 1 is 0.745 bits per heavy atom. The van der Waals surface area contributed by atoms with Crippen LogP contribution in [0.1, 0.15) is 80.0 Å². The van der Waals surface area contributed by atoms with Gasteiger partial charge in [0.1, 0.15) is 5.60 Å². The van der Waals surface area contributed by atoms with Crippen molar-refractivity contribution in [2.75, 3.05) is 62.2 Å². The van der Waals surface area contributed by atoms with Gasteiger partial charge in [-0.15, -0.1) is 0 Å². The van der Waals surface area contributed by atoms with E-state index < -0.39 is 5.60 Å². The number of ether oxygens (including phenoxy) is 1. The lowest BCUT2D eigenvalue weighted by Gasteiger charge is -2.36. The van der Waals surface area contributed by atoms with Crippen molar-refractivity contribution in [3.05, 3.63) is 57.6 Å². The van der Waals surface area contributed by atoms with Crippen LogP contribution in [0.15, 0.2) is 36.4 Å². The smallest absolute Gasteiger partial charge is 0.410 e. The fourth-order valence-electron chi connectivity index (χ4n) is 7.75. The summed E-state index contributed by atoms with van der Waals surface area (Å²) in [6, 6.07) is 10.9. The van der Waals surface area contributed by atoms with Gasteiger partial charge in [0.25, 0.3) is 0 Å². The van der Waals surface area contributed by atoms with Gasteiger partial charge in [-0.05, 0) is 132 Å². The number of nitrogens with one attached hydrogen (secondary N) is 1. The molecule has 8 nitrogen and oxygen atoms in total. The zero-order chi connectivity index (χ0) is 33.6. The van der Waals surface area contributed by atoms with Gasteiger partial charge in [-0.1, -0.05) is 23.2 Å². The van der Waals surface area contributed by atoms with E-state index in [0.717, 1.165) is 99.9 Å². The van der Waals surface area contributed by atoms with E-state index in [1.807, 2.05) is 43.9 Å². The zero-order valence-electron chi connectivity index (χ0n) is 28.1. The Kier molecular flexibility index (Phi) is 12.1. The highest BCUT2D eigenvalue weighted by molar-refractivity contribution is 6.31. The van der Waals surface area contributed by atoms with Crippen LogP contribution in [0.2, 0.25) is 10.0 Å². The molecule has 4 fully saturated rings. The molecule has 0 aliphatic carbocycles. The minimum atomic E-state index is -0.451. The van der Waals surface area contributed by atoms with Crippen LogP contribution in [0.25, 0.3) is 0 Å². The molecule has 47 heavy (non-hydrogen) atoms. The first-order valence-electron chi connectivity index (χ1n) is 17.2. The molecule has 2 aromatic carbocycles. The van der Waals surface area contributed by atoms with Crippen molar-refractivity contribution in [3.8, 4) is 0 Å². The van der Waals surface area contributed by atoms with Crippen molar-refractivity contribution in [1.82, 2.24) is 10.2 Å². The average Bonchev–Trinajstić information content (AvgIpc) is 3.78. The third-order valence-electron chi connectivity index (χ3n) is 10.3. The van der Waals surface area contributed by atoms with Crippen LogP contribution >= 0.6 is 23.2 Å². The molecule has 4 saturated heterocycles. The van der Waals surface area contributed by atoms with E-state index >= 15 is 0 Å². The zero-order valence-corrected chi connectivity index (χ0v) is 29.6. The molecule has 1 amide bonds. The van der Waals surface area contributed by atoms with Crippen LogP contribution in [0, 0.1) is 23.7 Å². The lowest BCUT2D eigenvalue weighted by molar-refractivity contribution is 0.0282. The maximum atomic E-state index is 12.3. The summed E-state index contributed by atoms with van der Waals surface area (Å²) in [5.74, 6) is 2.82. The van der Waals surface area contributed by atoms with Crippen LogP contribution in [-0.4, -0.2) is 81.5 Å². The van der Waals surface area contributed by atoms with Gasteiger partial charge in [-0.2, -0.15) is 0 Å². The number of benzene rings is 2. The van der Waals surface area contributed by atoms with Gasteiger partial charge in [0.15, 0.2) is 12.6 Å². The topological polar surface area (TPSA) is 82.2 Å². The molecule has 2 aromatic rings. The summed E-state index contributed by atoms with van der Waals surface area (Å²) in [6.07, 6.45) is 8.56. The molecule has 0 spiro atoms. The number of piperidine rings is 2. The Labute approximate surface area is 290 Å². The lowest BCUT2D eigenvalue weighted by atomic mass is 9.83. The first-order chi connectivity index (χ1) is 22.5. The van der Waals surface area contributed by atoms with Crippen LogP contribution in [-0.2, 0) is 4.74 Å². The Bertz CT molecular complexity index is 1380. The van der Waals surface area contributed by atoms with Gasteiger partial charge >= 0.3 is 6.09 Å². The summed E-state index contributed by atoms with van der Waals surface area (Å²) in [7, 11) is 0. The van der Waals surface area contributed by atoms with E-state index in [1.165, 1.54) is 32.4 Å². The second kappa shape index (κ2) is 16.1. The van der Waals surface area contributed by atoms with Crippen LogP contribution in [0.4, 0.5) is 16.2 Å². The Morgan fingerprint density at radius 3 is 1.68 bits per heavy atom. The lowest BCUT2D eigenvalue weighted by Crippen LogP contribution is -2.38. The van der Waals surface area contributed by atoms with Crippen molar-refractivity contribution < 1.29 is 19.1 Å². The first kappa shape index (κ1) is 35.5. The molecule has 256 valence electrons. The van der Waals surface area contributed by atoms with Gasteiger partial charge in [-0.3, -0.25) is 9.59 Å². The molecule has 10 heteroatoms. The summed E-state index contributed by atoms with van der Waals surface area (Å²) >= 11 is 12.2. The molecule has 4 heterocycles. The summed E-state index contributed by atoms with van der Waals surface area (Å²) < 4.78 is 5.50. The minimum Gasteiger partial charge on any atom is -0.444 e. The van der Waals surface area contributed by atoms with E-state index in [-0.39, 0.29) is 6.09 Å². The maximum absolute atomic E-state index is 12.3. The monoisotopic (exact) mass is 684 g/mol. The molecule has 1 N–H and O–H groups in total. The van der Waals surface area contributed by atoms with Gasteiger partial charge < -0.3 is 24.8 Å². The Hall–Kier alpha value is -2.81. The van der Waals surface area contributed by atoms with Crippen LogP contribution in [0.3, 0.4) is 0 Å². The van der Waals surface area contributed by atoms with Gasteiger partial charge in [0.2, 0.25) is 0 Å². The van der Waals surface area contributed by atoms with E-state index in [0.29, 0.717) is 27.4 Å². The number of amides is 1. The Balaban J connectivity index is 0.000000193. The first-order valence-corrected chi connectivity index (χ1v) is 18.0. The Morgan fingerprint density at radius 2 is 1.23 bits per heavy atom. The second-order valence-electron chi connectivity index (χ2n) is 14.5. The van der Waals surface area contributed by atoms with E-state index in [4.69, 9.17) is 27.9 Å². The number of carbonyl (C=O) groups is 3. The van der Waals surface area contributed by atoms with Gasteiger partial charge in [0.05, 0.1) is 0 Å². The maximum Gasteiger partial charge on any atom is 0.410 e. The summed E-state index contributed by atoms with van der Waals surface area (Å²) in [5.41, 5.74) is 2.91. The number of rotatable bonds is 6. The van der Waals surface area contributed by atoms with Gasteiger partial charge in [-0.25, -0.2) is 4.79 Å². The minimum absolute atomic E-state index is 0.197. The molecule has 0 aromatic heterocycles. The largest absolute Gasteiger partial charge is 0.444 e. The summed E-state index contributed by atoms with van der Waals surface area (Å²) in [4.78, 5) is 41.2. The van der Waals surface area contributed by atoms with Crippen molar-refractivity contribution in [1.29, 1.82) is 0 Å². The number of anilines is 2. The van der Waals surface area contributed by atoms with Crippen LogP contribution in [0.5, 0.6) is 0 Å². The van der Waals surface area contributed by atoms with E-state index in [1.54, 1.807) is 18.2 Å². The van der Waals surface area contributed by atoms with E-state index in [9.17, 15) is 14.4 Å². The fourth-order valence-corrected chi connectivity index (χ4v) is 8.08. The molecule has 6 rings (SSSR count). The third-order valence-corrected chi connectivity index (χ3v) is 10.8. The molecule has 0 bridgehead atoms. The molecular formula is C37H50Cl2N4O4. The molecule has 4 aliphatic heterocycles. The van der Waals surface area contributed by atoms with Crippen molar-refractivity contribution in [3.63, 3.8) is 0 Å². The van der Waals surface area contributed by atoms with Crippen molar-refractivity contribution in [2.45, 2.75) is 64.9 Å². The van der Waals surface area contributed by atoms with Crippen molar-refractivity contribution >= 4 is 53.2 Å². The summed E-state index contributed by atoms with van der Waals surface area (Å²) in [6.45, 7) is 13.5. The fraction of sp³-hybridized carbons (Fsp3) is 0.595. The standard InChI is InChI=1S/C21H29ClN2O3.C16H21ClN2O/c1-21(2,3)27-20(26)24-11-8-16(13-24)15-6-9-23(10-7-15)19-12-18(22)5-4-17(19)14-25;17-15-2-1-14(11-20)16(9-15)19-7-4-12(5-8-19)13-3-6-18-10-13/h4-5,12,14-16H,6-11,13H2,1-3H3;1-2,9,11-13,18H,3-8,10H2. The molecule has 0 saturated carbocycles. The number of hydrogen-bond acceptors (Lipinski definition) is 7. The molecule has 2 atom stereocenters. The average molecular weight is 686 g/mol. The molecule has 0 radical (unpaired) electrons. The van der Waals surface area contributed by atoms with Crippen LogP contribution < -0.4 is 15.1 Å². The molecule has 4 aliphatic rings. The highest BCUT2D eigenvalue weighted by Gasteiger charge is 2.36. The number of hydrogen-bond donors (Lipinski definition) is 1. The summed E-state index contributed by atoms with van der Waals surface area (Å²) in [5, 5.41) is 4.82. The molecular weight excluding hydrogens is 635 g/mol. The predicted molar refractivity (Wildman–Crippen MR) is 190 cm³/mol. The quantitative estimate of drug-likeness (QED) is 0.314. The predicted octanol–water partition coefficient (Wildman–Crippen LogP) is 7.60. The number of halogens is 2. The number of nitrogens with zero attached hydrogens (tertiary/aromatic N) is 3. The number of carbonyl (C=O) groups excluding carboxylic acids is 3. The highest BCUT2D eigenvalue weighted by atomic mass is 35.5.